The van der Waals surface area contributed by atoms with Gasteiger partial charge in [0, 0.05) is 31.5 Å². The fourth-order valence-electron chi connectivity index (χ4n) is 5.06. The average Bonchev–Trinajstić information content (AvgIpc) is 3.32. The molecule has 5 rings (SSSR count). The Labute approximate surface area is 163 Å². The minimum absolute atomic E-state index is 0.0262. The largest absolute Gasteiger partial charge is 0.493 e. The van der Waals surface area contributed by atoms with Crippen LogP contribution < -0.4 is 4.74 Å². The zero-order chi connectivity index (χ0) is 19.3. The number of hydrogen-bond acceptors (Lipinski definition) is 4. The van der Waals surface area contributed by atoms with E-state index in [9.17, 15) is 9.18 Å². The second-order valence-electron chi connectivity index (χ2n) is 7.74. The predicted molar refractivity (Wildman–Crippen MR) is 101 cm³/mol. The second-order valence-corrected chi connectivity index (χ2v) is 7.74. The standard InChI is InChI=1S/C22H23FN2O3/c1-27-21-16(8-5-9-17(21)23)13-24-11-10-22-19(24)12-20(26)25(22)14-18(28-22)15-6-3-2-4-7-15/h2-9,18-19H,10-14H2,1H3/t18-,19-,22+/m1/s1. The van der Waals surface area contributed by atoms with Gasteiger partial charge in [-0.05, 0) is 11.6 Å². The van der Waals surface area contributed by atoms with Gasteiger partial charge in [-0.3, -0.25) is 9.69 Å². The smallest absolute Gasteiger partial charge is 0.226 e. The zero-order valence-corrected chi connectivity index (χ0v) is 15.8. The maximum absolute atomic E-state index is 14.1. The molecule has 1 amide bonds. The van der Waals surface area contributed by atoms with Crippen LogP contribution in [0.15, 0.2) is 48.5 Å². The Hall–Kier alpha value is -2.44. The lowest BCUT2D eigenvalue weighted by molar-refractivity contribution is -0.138. The van der Waals surface area contributed by atoms with Crippen molar-refractivity contribution < 1.29 is 18.7 Å². The van der Waals surface area contributed by atoms with Gasteiger partial charge in [0.15, 0.2) is 17.3 Å². The van der Waals surface area contributed by atoms with Crippen molar-refractivity contribution in [3.63, 3.8) is 0 Å². The van der Waals surface area contributed by atoms with Crippen LogP contribution in [0.25, 0.3) is 0 Å². The van der Waals surface area contributed by atoms with Crippen LogP contribution >= 0.6 is 0 Å². The van der Waals surface area contributed by atoms with Gasteiger partial charge in [-0.2, -0.15) is 0 Å². The zero-order valence-electron chi connectivity index (χ0n) is 15.8. The lowest BCUT2D eigenvalue weighted by Crippen LogP contribution is -2.47. The number of benzene rings is 2. The molecule has 146 valence electrons. The van der Waals surface area contributed by atoms with E-state index in [0.29, 0.717) is 19.5 Å². The predicted octanol–water partition coefficient (Wildman–Crippen LogP) is 3.11. The molecular formula is C22H23FN2O3. The summed E-state index contributed by atoms with van der Waals surface area (Å²) in [5.41, 5.74) is 1.32. The summed E-state index contributed by atoms with van der Waals surface area (Å²) in [6.07, 6.45) is 1.11. The number of likely N-dealkylation sites (tertiary alicyclic amines) is 1. The highest BCUT2D eigenvalue weighted by molar-refractivity contribution is 5.81. The third-order valence-electron chi connectivity index (χ3n) is 6.34. The molecule has 3 aliphatic rings. The number of para-hydroxylation sites is 1. The summed E-state index contributed by atoms with van der Waals surface area (Å²) in [7, 11) is 1.48. The molecule has 3 atom stereocenters. The molecule has 3 heterocycles. The van der Waals surface area contributed by atoms with Crippen LogP contribution in [0.5, 0.6) is 5.75 Å². The number of carbonyl (C=O) groups excluding carboxylic acids is 1. The quantitative estimate of drug-likeness (QED) is 0.815. The van der Waals surface area contributed by atoms with Crippen LogP contribution in [0.1, 0.15) is 30.1 Å². The van der Waals surface area contributed by atoms with Gasteiger partial charge in [0.25, 0.3) is 0 Å². The number of carbonyl (C=O) groups is 1. The molecular weight excluding hydrogens is 359 g/mol. The first-order chi connectivity index (χ1) is 13.6. The first-order valence-electron chi connectivity index (χ1n) is 9.71. The summed E-state index contributed by atoms with van der Waals surface area (Å²) in [6.45, 7) is 1.93. The number of ether oxygens (including phenoxy) is 2. The monoisotopic (exact) mass is 382 g/mol. The topological polar surface area (TPSA) is 42.0 Å². The van der Waals surface area contributed by atoms with Crippen molar-refractivity contribution in [1.82, 2.24) is 9.80 Å². The molecule has 0 aromatic heterocycles. The van der Waals surface area contributed by atoms with Gasteiger partial charge in [-0.25, -0.2) is 4.39 Å². The highest BCUT2D eigenvalue weighted by Gasteiger charge is 2.63. The first kappa shape index (κ1) is 17.6. The lowest BCUT2D eigenvalue weighted by atomic mass is 10.1. The Bertz CT molecular complexity index is 906. The van der Waals surface area contributed by atoms with Gasteiger partial charge >= 0.3 is 0 Å². The summed E-state index contributed by atoms with van der Waals surface area (Å²) in [6, 6.07) is 15.0. The molecule has 2 aromatic carbocycles. The molecule has 3 fully saturated rings. The number of methoxy groups -OCH3 is 1. The third-order valence-corrected chi connectivity index (χ3v) is 6.34. The molecule has 0 unspecified atom stereocenters. The van der Waals surface area contributed by atoms with Crippen LogP contribution in [0, 0.1) is 5.82 Å². The van der Waals surface area contributed by atoms with E-state index < -0.39 is 5.72 Å². The van der Waals surface area contributed by atoms with Crippen molar-refractivity contribution in [2.45, 2.75) is 37.3 Å². The van der Waals surface area contributed by atoms with E-state index in [1.54, 1.807) is 6.07 Å². The number of amides is 1. The van der Waals surface area contributed by atoms with Gasteiger partial charge in [-0.15, -0.1) is 0 Å². The minimum Gasteiger partial charge on any atom is -0.493 e. The van der Waals surface area contributed by atoms with E-state index in [1.807, 2.05) is 41.3 Å². The summed E-state index contributed by atoms with van der Waals surface area (Å²) in [5, 5.41) is 0. The van der Waals surface area contributed by atoms with E-state index in [1.165, 1.54) is 13.2 Å². The van der Waals surface area contributed by atoms with Crippen LogP contribution in [0.3, 0.4) is 0 Å². The molecule has 0 radical (unpaired) electrons. The van der Waals surface area contributed by atoms with Gasteiger partial charge in [0.1, 0.15) is 6.10 Å². The van der Waals surface area contributed by atoms with E-state index in [-0.39, 0.29) is 29.6 Å². The van der Waals surface area contributed by atoms with Crippen molar-refractivity contribution >= 4 is 5.91 Å². The number of hydrogen-bond donors (Lipinski definition) is 0. The Morgan fingerprint density at radius 2 is 2.04 bits per heavy atom. The Morgan fingerprint density at radius 3 is 2.82 bits per heavy atom. The summed E-state index contributed by atoms with van der Waals surface area (Å²) >= 11 is 0. The SMILES string of the molecule is COc1c(F)cccc1CN1CC[C@@]23O[C@@H](c4ccccc4)CN2C(=O)C[C@@H]13. The fourth-order valence-corrected chi connectivity index (χ4v) is 5.06. The molecule has 5 nitrogen and oxygen atoms in total. The van der Waals surface area contributed by atoms with E-state index in [4.69, 9.17) is 9.47 Å². The molecule has 0 saturated carbocycles. The van der Waals surface area contributed by atoms with Gasteiger partial charge in [0.05, 0.1) is 19.7 Å². The van der Waals surface area contributed by atoms with Gasteiger partial charge < -0.3 is 14.4 Å². The Kier molecular flexibility index (Phi) is 4.14. The summed E-state index contributed by atoms with van der Waals surface area (Å²) in [4.78, 5) is 16.9. The number of halogens is 1. The summed E-state index contributed by atoms with van der Waals surface area (Å²) < 4.78 is 25.9. The third kappa shape index (κ3) is 2.55. The molecule has 0 aliphatic carbocycles. The highest BCUT2D eigenvalue weighted by atomic mass is 19.1. The van der Waals surface area contributed by atoms with Crippen LogP contribution in [0.4, 0.5) is 4.39 Å². The maximum atomic E-state index is 14.1. The average molecular weight is 382 g/mol. The Morgan fingerprint density at radius 1 is 1.21 bits per heavy atom. The van der Waals surface area contributed by atoms with Crippen molar-refractivity contribution in [3.8, 4) is 5.75 Å². The van der Waals surface area contributed by atoms with Crippen molar-refractivity contribution in [3.05, 3.63) is 65.5 Å². The normalized spacial score (nSPS) is 29.2. The molecule has 3 aliphatic heterocycles. The van der Waals surface area contributed by atoms with Crippen LogP contribution in [-0.2, 0) is 16.1 Å². The Balaban J connectivity index is 1.41. The molecule has 2 aromatic rings. The lowest BCUT2D eigenvalue weighted by Gasteiger charge is -2.32. The van der Waals surface area contributed by atoms with Gasteiger partial charge in [-0.1, -0.05) is 42.5 Å². The molecule has 1 spiro atoms. The van der Waals surface area contributed by atoms with E-state index in [2.05, 4.69) is 4.90 Å². The molecule has 0 bridgehead atoms. The van der Waals surface area contributed by atoms with Crippen LogP contribution in [0.2, 0.25) is 0 Å². The van der Waals surface area contributed by atoms with E-state index >= 15 is 0 Å². The van der Waals surface area contributed by atoms with Crippen molar-refractivity contribution in [2.75, 3.05) is 20.2 Å². The minimum atomic E-state index is -0.571. The van der Waals surface area contributed by atoms with Crippen molar-refractivity contribution in [2.24, 2.45) is 0 Å². The number of nitrogens with zero attached hydrogens (tertiary/aromatic N) is 2. The van der Waals surface area contributed by atoms with E-state index in [0.717, 1.165) is 24.1 Å². The number of rotatable bonds is 4. The fraction of sp³-hybridized carbons (Fsp3) is 0.409. The van der Waals surface area contributed by atoms with Gasteiger partial charge in [0.2, 0.25) is 5.91 Å². The second kappa shape index (κ2) is 6.57. The summed E-state index contributed by atoms with van der Waals surface area (Å²) in [5.74, 6) is 0.0535. The molecule has 6 heteroatoms. The first-order valence-corrected chi connectivity index (χ1v) is 9.71. The molecule has 28 heavy (non-hydrogen) atoms. The molecule has 3 saturated heterocycles. The highest BCUT2D eigenvalue weighted by Crippen LogP contribution is 2.51. The van der Waals surface area contributed by atoms with Crippen LogP contribution in [-0.4, -0.2) is 47.7 Å². The maximum Gasteiger partial charge on any atom is 0.226 e. The van der Waals surface area contributed by atoms with Crippen molar-refractivity contribution in [1.29, 1.82) is 0 Å². The molecule has 0 N–H and O–H groups in total.